The van der Waals surface area contributed by atoms with E-state index in [2.05, 4.69) is 0 Å². The maximum absolute atomic E-state index is 13.2. The van der Waals surface area contributed by atoms with Gasteiger partial charge in [0, 0.05) is 11.6 Å². The second-order valence-electron chi connectivity index (χ2n) is 5.34. The van der Waals surface area contributed by atoms with Crippen molar-refractivity contribution in [1.29, 1.82) is 0 Å². The Kier molecular flexibility index (Phi) is 4.38. The third-order valence-corrected chi connectivity index (χ3v) is 3.58. The Morgan fingerprint density at radius 1 is 0.792 bits per heavy atom. The summed E-state index contributed by atoms with van der Waals surface area (Å²) in [6, 6.07) is 17.9. The molecule has 0 saturated carbocycles. The highest BCUT2D eigenvalue weighted by Gasteiger charge is 2.06. The molecule has 2 nitrogen and oxygen atoms in total. The molecule has 0 saturated heterocycles. The second-order valence-corrected chi connectivity index (χ2v) is 5.34. The Hall–Kier alpha value is -3.01. The molecule has 0 aliphatic heterocycles. The fourth-order valence-corrected chi connectivity index (χ4v) is 2.31. The smallest absolute Gasteiger partial charge is 0.162 e. The molecule has 0 bridgehead atoms. The summed E-state index contributed by atoms with van der Waals surface area (Å²) in [7, 11) is 0. The van der Waals surface area contributed by atoms with E-state index in [9.17, 15) is 13.6 Å². The highest BCUT2D eigenvalue weighted by atomic mass is 19.2. The molecular weight excluding hydrogens is 310 g/mol. The zero-order valence-electron chi connectivity index (χ0n) is 12.9. The van der Waals surface area contributed by atoms with Gasteiger partial charge in [0.2, 0.25) is 0 Å². The van der Waals surface area contributed by atoms with Crippen LogP contribution in [0.1, 0.15) is 17.3 Å². The first-order valence-electron chi connectivity index (χ1n) is 7.37. The zero-order valence-corrected chi connectivity index (χ0v) is 12.9. The van der Waals surface area contributed by atoms with Crippen LogP contribution in [0.25, 0.3) is 11.1 Å². The molecule has 0 aromatic heterocycles. The molecule has 0 aliphatic rings. The van der Waals surface area contributed by atoms with Gasteiger partial charge in [-0.25, -0.2) is 8.78 Å². The molecule has 0 spiro atoms. The van der Waals surface area contributed by atoms with E-state index in [1.807, 2.05) is 30.3 Å². The lowest BCUT2D eigenvalue weighted by Crippen LogP contribution is -1.92. The summed E-state index contributed by atoms with van der Waals surface area (Å²) >= 11 is 0. The fourth-order valence-electron chi connectivity index (χ4n) is 2.31. The molecule has 3 aromatic rings. The van der Waals surface area contributed by atoms with Gasteiger partial charge in [-0.1, -0.05) is 30.3 Å². The van der Waals surface area contributed by atoms with Crippen LogP contribution in [-0.2, 0) is 0 Å². The van der Waals surface area contributed by atoms with Crippen molar-refractivity contribution in [2.24, 2.45) is 0 Å². The number of carbonyl (C=O) groups is 1. The van der Waals surface area contributed by atoms with Gasteiger partial charge in [0.05, 0.1) is 0 Å². The largest absolute Gasteiger partial charge is 0.457 e. The Labute approximate surface area is 138 Å². The lowest BCUT2D eigenvalue weighted by molar-refractivity contribution is 0.101. The van der Waals surface area contributed by atoms with Crippen LogP contribution in [0.4, 0.5) is 8.78 Å². The van der Waals surface area contributed by atoms with Crippen LogP contribution in [0, 0.1) is 11.6 Å². The quantitative estimate of drug-likeness (QED) is 0.582. The molecule has 0 radical (unpaired) electrons. The van der Waals surface area contributed by atoms with E-state index >= 15 is 0 Å². The number of ketones is 1. The van der Waals surface area contributed by atoms with Crippen molar-refractivity contribution >= 4 is 5.78 Å². The molecule has 0 N–H and O–H groups in total. The molecule has 3 rings (SSSR count). The Morgan fingerprint density at radius 3 is 2.17 bits per heavy atom. The fraction of sp³-hybridized carbons (Fsp3) is 0.0500. The third-order valence-electron chi connectivity index (χ3n) is 3.58. The second kappa shape index (κ2) is 6.62. The number of hydrogen-bond donors (Lipinski definition) is 0. The minimum absolute atomic E-state index is 0.00939. The minimum atomic E-state index is -0.954. The molecular formula is C20H14F2O2. The van der Waals surface area contributed by atoms with Gasteiger partial charge in [-0.15, -0.1) is 0 Å². The summed E-state index contributed by atoms with van der Waals surface area (Å²) in [5.74, 6) is -1.13. The summed E-state index contributed by atoms with van der Waals surface area (Å²) in [5.41, 5.74) is 2.49. The summed E-state index contributed by atoms with van der Waals surface area (Å²) < 4.78 is 31.6. The van der Waals surface area contributed by atoms with Gasteiger partial charge in [0.1, 0.15) is 11.5 Å². The maximum atomic E-state index is 13.2. The van der Waals surface area contributed by atoms with Gasteiger partial charge >= 0.3 is 0 Å². The lowest BCUT2D eigenvalue weighted by atomic mass is 10.0. The van der Waals surface area contributed by atoms with E-state index in [0.717, 1.165) is 23.3 Å². The number of hydrogen-bond acceptors (Lipinski definition) is 2. The molecule has 3 aromatic carbocycles. The maximum Gasteiger partial charge on any atom is 0.162 e. The molecule has 4 heteroatoms. The highest BCUT2D eigenvalue weighted by Crippen LogP contribution is 2.27. The van der Waals surface area contributed by atoms with Gasteiger partial charge in [-0.3, -0.25) is 4.79 Å². The predicted molar refractivity (Wildman–Crippen MR) is 88.3 cm³/mol. The van der Waals surface area contributed by atoms with E-state index in [1.54, 1.807) is 18.2 Å². The molecule has 120 valence electrons. The van der Waals surface area contributed by atoms with Crippen LogP contribution in [0.2, 0.25) is 0 Å². The van der Waals surface area contributed by atoms with Gasteiger partial charge in [-0.05, 0) is 48.4 Å². The SMILES string of the molecule is CC(=O)c1cccc(-c2ccc(Oc3ccc(F)c(F)c3)cc2)c1. The number of Topliss-reactive ketones (excluding diaryl/α,β-unsaturated/α-hetero) is 1. The minimum Gasteiger partial charge on any atom is -0.457 e. The summed E-state index contributed by atoms with van der Waals surface area (Å²) in [6.07, 6.45) is 0. The topological polar surface area (TPSA) is 26.3 Å². The average molecular weight is 324 g/mol. The van der Waals surface area contributed by atoms with E-state index in [-0.39, 0.29) is 11.5 Å². The summed E-state index contributed by atoms with van der Waals surface area (Å²) in [5, 5.41) is 0. The van der Waals surface area contributed by atoms with Crippen molar-refractivity contribution in [2.45, 2.75) is 6.92 Å². The van der Waals surface area contributed by atoms with Gasteiger partial charge in [0.15, 0.2) is 17.4 Å². The van der Waals surface area contributed by atoms with Crippen LogP contribution < -0.4 is 4.74 Å². The van der Waals surface area contributed by atoms with E-state index < -0.39 is 11.6 Å². The van der Waals surface area contributed by atoms with Crippen LogP contribution in [0.5, 0.6) is 11.5 Å². The van der Waals surface area contributed by atoms with E-state index in [0.29, 0.717) is 11.3 Å². The first kappa shape index (κ1) is 15.9. The molecule has 0 heterocycles. The Bertz CT molecular complexity index is 886. The highest BCUT2D eigenvalue weighted by molar-refractivity contribution is 5.95. The van der Waals surface area contributed by atoms with Gasteiger partial charge in [-0.2, -0.15) is 0 Å². The number of carbonyl (C=O) groups excluding carboxylic acids is 1. The standard InChI is InChI=1S/C20H14F2O2/c1-13(23)15-3-2-4-16(11-15)14-5-7-17(8-6-14)24-18-9-10-19(21)20(22)12-18/h2-12H,1H3. The monoisotopic (exact) mass is 324 g/mol. The van der Waals surface area contributed by atoms with Crippen LogP contribution >= 0.6 is 0 Å². The van der Waals surface area contributed by atoms with E-state index in [4.69, 9.17) is 4.74 Å². The lowest BCUT2D eigenvalue weighted by Gasteiger charge is -2.08. The third kappa shape index (κ3) is 3.49. The first-order chi connectivity index (χ1) is 11.5. The van der Waals surface area contributed by atoms with Crippen molar-refractivity contribution in [3.63, 3.8) is 0 Å². The Balaban J connectivity index is 1.81. The molecule has 0 atom stereocenters. The average Bonchev–Trinajstić information content (AvgIpc) is 2.59. The number of halogens is 2. The molecule has 24 heavy (non-hydrogen) atoms. The van der Waals surface area contributed by atoms with Crippen LogP contribution in [-0.4, -0.2) is 5.78 Å². The number of benzene rings is 3. The number of rotatable bonds is 4. The number of ether oxygens (including phenoxy) is 1. The normalized spacial score (nSPS) is 10.5. The predicted octanol–water partition coefficient (Wildman–Crippen LogP) is 5.63. The summed E-state index contributed by atoms with van der Waals surface area (Å²) in [6.45, 7) is 1.53. The molecule has 0 aliphatic carbocycles. The van der Waals surface area contributed by atoms with Crippen LogP contribution in [0.3, 0.4) is 0 Å². The van der Waals surface area contributed by atoms with Crippen molar-refractivity contribution < 1.29 is 18.3 Å². The van der Waals surface area contributed by atoms with Crippen molar-refractivity contribution in [1.82, 2.24) is 0 Å². The first-order valence-corrected chi connectivity index (χ1v) is 7.37. The van der Waals surface area contributed by atoms with Crippen molar-refractivity contribution in [2.75, 3.05) is 0 Å². The molecule has 0 fully saturated rings. The van der Waals surface area contributed by atoms with Crippen LogP contribution in [0.15, 0.2) is 66.7 Å². The van der Waals surface area contributed by atoms with Gasteiger partial charge in [0.25, 0.3) is 0 Å². The molecule has 0 unspecified atom stereocenters. The van der Waals surface area contributed by atoms with E-state index in [1.165, 1.54) is 13.0 Å². The summed E-state index contributed by atoms with van der Waals surface area (Å²) in [4.78, 5) is 11.5. The Morgan fingerprint density at radius 2 is 1.50 bits per heavy atom. The van der Waals surface area contributed by atoms with Crippen molar-refractivity contribution in [3.05, 3.63) is 83.9 Å². The van der Waals surface area contributed by atoms with Crippen molar-refractivity contribution in [3.8, 4) is 22.6 Å². The van der Waals surface area contributed by atoms with Gasteiger partial charge < -0.3 is 4.74 Å². The molecule has 0 amide bonds. The zero-order chi connectivity index (χ0) is 17.1.